The summed E-state index contributed by atoms with van der Waals surface area (Å²) in [5.41, 5.74) is 2.91. The fourth-order valence-corrected chi connectivity index (χ4v) is 4.20. The fraction of sp³-hybridized carbons (Fsp3) is 0.250. The topological polar surface area (TPSA) is 70.2 Å². The molecule has 1 aromatic heterocycles. The summed E-state index contributed by atoms with van der Waals surface area (Å²) in [6, 6.07) is 17.7. The van der Waals surface area contributed by atoms with Gasteiger partial charge in [-0.3, -0.25) is 4.79 Å². The molecule has 28 heavy (non-hydrogen) atoms. The van der Waals surface area contributed by atoms with Crippen LogP contribution in [0, 0.1) is 0 Å². The zero-order valence-corrected chi connectivity index (χ0v) is 17.5. The second kappa shape index (κ2) is 10.1. The Balaban J connectivity index is 1.48. The van der Waals surface area contributed by atoms with Crippen molar-refractivity contribution in [3.8, 4) is 0 Å². The molecule has 0 radical (unpaired) electrons. The molecule has 0 aliphatic rings. The van der Waals surface area contributed by atoms with Gasteiger partial charge in [-0.1, -0.05) is 41.3 Å². The normalized spacial score (nSPS) is 10.5. The quantitative estimate of drug-likeness (QED) is 0.488. The lowest BCUT2D eigenvalue weighted by molar-refractivity contribution is -0.113. The van der Waals surface area contributed by atoms with Crippen LogP contribution in [0.15, 0.2) is 58.9 Å². The van der Waals surface area contributed by atoms with E-state index in [1.54, 1.807) is 0 Å². The van der Waals surface area contributed by atoms with E-state index in [0.717, 1.165) is 34.5 Å². The van der Waals surface area contributed by atoms with Crippen molar-refractivity contribution in [1.82, 2.24) is 10.2 Å². The van der Waals surface area contributed by atoms with E-state index in [4.69, 9.17) is 0 Å². The van der Waals surface area contributed by atoms with Crippen LogP contribution in [-0.4, -0.2) is 34.9 Å². The minimum atomic E-state index is -0.0617. The van der Waals surface area contributed by atoms with E-state index in [-0.39, 0.29) is 11.7 Å². The first kappa shape index (κ1) is 20.2. The number of hydrogen-bond acceptors (Lipinski definition) is 7. The average Bonchev–Trinajstić information content (AvgIpc) is 3.17. The number of rotatable bonds is 9. The Morgan fingerprint density at radius 2 is 1.71 bits per heavy atom. The summed E-state index contributed by atoms with van der Waals surface area (Å²) in [7, 11) is 0. The standard InChI is InChI=1S/C20H23N5OS2/c1-3-25(4-2)17-12-10-16(11-13-17)21-18(26)14-27-20-24-23-19(28-20)22-15-8-6-5-7-9-15/h5-13H,3-4,14H2,1-2H3,(H,21,26)(H,22,23). The maximum atomic E-state index is 12.2. The molecule has 8 heteroatoms. The Morgan fingerprint density at radius 3 is 2.39 bits per heavy atom. The third kappa shape index (κ3) is 5.71. The number of nitrogens with one attached hydrogen (secondary N) is 2. The maximum Gasteiger partial charge on any atom is 0.234 e. The van der Waals surface area contributed by atoms with Gasteiger partial charge in [0.15, 0.2) is 4.34 Å². The van der Waals surface area contributed by atoms with Crippen LogP contribution in [0.5, 0.6) is 0 Å². The van der Waals surface area contributed by atoms with Crippen molar-refractivity contribution in [2.24, 2.45) is 0 Å². The zero-order valence-electron chi connectivity index (χ0n) is 15.9. The van der Waals surface area contributed by atoms with Crippen molar-refractivity contribution in [3.05, 3.63) is 54.6 Å². The second-order valence-corrected chi connectivity index (χ2v) is 8.12. The van der Waals surface area contributed by atoms with E-state index in [1.165, 1.54) is 23.1 Å². The molecule has 2 aromatic carbocycles. The SMILES string of the molecule is CCN(CC)c1ccc(NC(=O)CSc2nnc(Nc3ccccc3)s2)cc1. The van der Waals surface area contributed by atoms with Gasteiger partial charge in [0.2, 0.25) is 11.0 Å². The summed E-state index contributed by atoms with van der Waals surface area (Å²) in [5, 5.41) is 15.1. The van der Waals surface area contributed by atoms with Crippen molar-refractivity contribution in [2.45, 2.75) is 18.2 Å². The largest absolute Gasteiger partial charge is 0.372 e. The number of hydrogen-bond donors (Lipinski definition) is 2. The number of para-hydroxylation sites is 1. The third-order valence-corrected chi connectivity index (χ3v) is 6.01. The van der Waals surface area contributed by atoms with E-state index in [0.29, 0.717) is 5.13 Å². The Labute approximate surface area is 173 Å². The molecule has 0 spiro atoms. The van der Waals surface area contributed by atoms with Crippen molar-refractivity contribution in [2.75, 3.05) is 34.4 Å². The van der Waals surface area contributed by atoms with Crippen LogP contribution in [0.2, 0.25) is 0 Å². The number of benzene rings is 2. The minimum absolute atomic E-state index is 0.0617. The molecule has 1 heterocycles. The van der Waals surface area contributed by atoms with Gasteiger partial charge in [0, 0.05) is 30.2 Å². The molecule has 3 aromatic rings. The monoisotopic (exact) mass is 413 g/mol. The van der Waals surface area contributed by atoms with Crippen LogP contribution in [0.1, 0.15) is 13.8 Å². The number of amides is 1. The highest BCUT2D eigenvalue weighted by Gasteiger charge is 2.09. The third-order valence-electron chi connectivity index (χ3n) is 4.04. The smallest absolute Gasteiger partial charge is 0.234 e. The summed E-state index contributed by atoms with van der Waals surface area (Å²) >= 11 is 2.81. The summed E-state index contributed by atoms with van der Waals surface area (Å²) < 4.78 is 0.755. The molecule has 1 amide bonds. The van der Waals surface area contributed by atoms with Gasteiger partial charge < -0.3 is 15.5 Å². The summed E-state index contributed by atoms with van der Waals surface area (Å²) in [5.74, 6) is 0.228. The molecule has 146 valence electrons. The van der Waals surface area contributed by atoms with Gasteiger partial charge in [-0.25, -0.2) is 0 Å². The second-order valence-electron chi connectivity index (χ2n) is 5.92. The van der Waals surface area contributed by atoms with Crippen LogP contribution in [-0.2, 0) is 4.79 Å². The molecule has 0 aliphatic heterocycles. The molecular weight excluding hydrogens is 390 g/mol. The number of carbonyl (C=O) groups is 1. The molecule has 0 saturated heterocycles. The molecule has 0 atom stereocenters. The molecule has 0 aliphatic carbocycles. The van der Waals surface area contributed by atoms with Gasteiger partial charge in [0.05, 0.1) is 5.75 Å². The fourth-order valence-electron chi connectivity index (χ4n) is 2.63. The van der Waals surface area contributed by atoms with E-state index in [9.17, 15) is 4.79 Å². The van der Waals surface area contributed by atoms with Gasteiger partial charge in [-0.15, -0.1) is 10.2 Å². The van der Waals surface area contributed by atoms with E-state index < -0.39 is 0 Å². The zero-order chi connectivity index (χ0) is 19.8. The molecule has 3 rings (SSSR count). The van der Waals surface area contributed by atoms with Gasteiger partial charge in [-0.2, -0.15) is 0 Å². The lowest BCUT2D eigenvalue weighted by atomic mass is 10.2. The molecule has 0 bridgehead atoms. The number of anilines is 4. The molecule has 0 saturated carbocycles. The van der Waals surface area contributed by atoms with Crippen molar-refractivity contribution in [3.63, 3.8) is 0 Å². The Bertz CT molecular complexity index is 879. The lowest BCUT2D eigenvalue weighted by Gasteiger charge is -2.21. The molecule has 6 nitrogen and oxygen atoms in total. The minimum Gasteiger partial charge on any atom is -0.372 e. The number of nitrogens with zero attached hydrogens (tertiary/aromatic N) is 3. The average molecular weight is 414 g/mol. The lowest BCUT2D eigenvalue weighted by Crippen LogP contribution is -2.21. The first-order valence-electron chi connectivity index (χ1n) is 9.11. The highest BCUT2D eigenvalue weighted by atomic mass is 32.2. The van der Waals surface area contributed by atoms with Crippen LogP contribution in [0.25, 0.3) is 0 Å². The van der Waals surface area contributed by atoms with Crippen molar-refractivity contribution in [1.29, 1.82) is 0 Å². The molecule has 2 N–H and O–H groups in total. The maximum absolute atomic E-state index is 12.2. The van der Waals surface area contributed by atoms with Gasteiger partial charge >= 0.3 is 0 Å². The van der Waals surface area contributed by atoms with Gasteiger partial charge in [0.1, 0.15) is 0 Å². The van der Waals surface area contributed by atoms with Gasteiger partial charge in [-0.05, 0) is 50.2 Å². The Hall–Kier alpha value is -2.58. The number of thioether (sulfide) groups is 1. The predicted molar refractivity (Wildman–Crippen MR) is 119 cm³/mol. The highest BCUT2D eigenvalue weighted by Crippen LogP contribution is 2.27. The van der Waals surface area contributed by atoms with Crippen LogP contribution < -0.4 is 15.5 Å². The first-order chi connectivity index (χ1) is 13.7. The van der Waals surface area contributed by atoms with Crippen molar-refractivity contribution < 1.29 is 4.79 Å². The number of aromatic nitrogens is 2. The van der Waals surface area contributed by atoms with E-state index in [2.05, 4.69) is 39.6 Å². The predicted octanol–water partition coefficient (Wildman–Crippen LogP) is 4.86. The summed E-state index contributed by atoms with van der Waals surface area (Å²) in [4.78, 5) is 14.5. The van der Waals surface area contributed by atoms with Crippen LogP contribution in [0.3, 0.4) is 0 Å². The number of carbonyl (C=O) groups excluding carboxylic acids is 1. The first-order valence-corrected chi connectivity index (χ1v) is 10.9. The van der Waals surface area contributed by atoms with E-state index >= 15 is 0 Å². The summed E-state index contributed by atoms with van der Waals surface area (Å²) in [6.07, 6.45) is 0. The Kier molecular flexibility index (Phi) is 7.27. The Morgan fingerprint density at radius 1 is 1.00 bits per heavy atom. The van der Waals surface area contributed by atoms with Crippen molar-refractivity contribution >= 4 is 51.2 Å². The van der Waals surface area contributed by atoms with Crippen LogP contribution >= 0.6 is 23.1 Å². The van der Waals surface area contributed by atoms with E-state index in [1.807, 2.05) is 54.6 Å². The molecule has 0 unspecified atom stereocenters. The highest BCUT2D eigenvalue weighted by molar-refractivity contribution is 8.01. The van der Waals surface area contributed by atoms with Crippen LogP contribution in [0.4, 0.5) is 22.2 Å². The molecule has 0 fully saturated rings. The van der Waals surface area contributed by atoms with Gasteiger partial charge in [0.25, 0.3) is 0 Å². The summed E-state index contributed by atoms with van der Waals surface area (Å²) in [6.45, 7) is 6.18. The molecular formula is C20H23N5OS2.